The Balaban J connectivity index is 1.68. The van der Waals surface area contributed by atoms with Gasteiger partial charge in [0, 0.05) is 25.7 Å². The third-order valence-corrected chi connectivity index (χ3v) is 5.03. The minimum Gasteiger partial charge on any atom is -0.496 e. The van der Waals surface area contributed by atoms with Crippen LogP contribution < -0.4 is 9.64 Å². The maximum Gasteiger partial charge on any atom is 0.246 e. The van der Waals surface area contributed by atoms with Crippen molar-refractivity contribution >= 4 is 17.5 Å². The average Bonchev–Trinajstić information content (AvgIpc) is 2.70. The normalized spacial score (nSPS) is 13.0. The Morgan fingerprint density at radius 1 is 1.11 bits per heavy atom. The zero-order valence-corrected chi connectivity index (χ0v) is 16.0. The highest BCUT2D eigenvalue weighted by Gasteiger charge is 2.24. The van der Waals surface area contributed by atoms with Crippen molar-refractivity contribution in [3.05, 3.63) is 59.7 Å². The first-order valence-corrected chi connectivity index (χ1v) is 9.36. The molecule has 0 aliphatic carbocycles. The van der Waals surface area contributed by atoms with Crippen LogP contribution in [0.4, 0.5) is 5.69 Å². The summed E-state index contributed by atoms with van der Waals surface area (Å²) in [6.45, 7) is 2.80. The molecule has 0 aromatic heterocycles. The lowest BCUT2D eigenvalue weighted by atomic mass is 10.0. The highest BCUT2D eigenvalue weighted by atomic mass is 16.5. The lowest BCUT2D eigenvalue weighted by Crippen LogP contribution is -2.44. The first-order chi connectivity index (χ1) is 13.1. The van der Waals surface area contributed by atoms with Crippen LogP contribution in [0.5, 0.6) is 5.75 Å². The molecule has 2 aromatic rings. The molecule has 0 N–H and O–H groups in total. The molecule has 2 aromatic carbocycles. The second kappa shape index (κ2) is 8.71. The summed E-state index contributed by atoms with van der Waals surface area (Å²) < 4.78 is 5.37. The summed E-state index contributed by atoms with van der Waals surface area (Å²) in [6, 6.07) is 15.8. The van der Waals surface area contributed by atoms with Gasteiger partial charge in [-0.3, -0.25) is 9.59 Å². The van der Waals surface area contributed by atoms with E-state index in [2.05, 4.69) is 6.07 Å². The summed E-state index contributed by atoms with van der Waals surface area (Å²) in [5.41, 5.74) is 3.20. The second-order valence-corrected chi connectivity index (χ2v) is 6.78. The van der Waals surface area contributed by atoms with Gasteiger partial charge in [0.2, 0.25) is 11.8 Å². The van der Waals surface area contributed by atoms with E-state index in [4.69, 9.17) is 4.74 Å². The fraction of sp³-hybridized carbons (Fsp3) is 0.364. The van der Waals surface area contributed by atoms with Crippen LogP contribution in [0.15, 0.2) is 48.5 Å². The van der Waals surface area contributed by atoms with Gasteiger partial charge < -0.3 is 14.5 Å². The lowest BCUT2D eigenvalue weighted by Gasteiger charge is -2.31. The number of methoxy groups -OCH3 is 1. The molecule has 3 rings (SSSR count). The number of ether oxygens (including phenoxy) is 1. The zero-order valence-electron chi connectivity index (χ0n) is 16.0. The molecule has 0 radical (unpaired) electrons. The number of aryl methyl sites for hydroxylation is 1. The third-order valence-electron chi connectivity index (χ3n) is 5.03. The number of nitrogens with zero attached hydrogens (tertiary/aromatic N) is 2. The average molecular weight is 366 g/mol. The van der Waals surface area contributed by atoms with Crippen LogP contribution in [0, 0.1) is 0 Å². The molecule has 0 spiro atoms. The molecule has 1 heterocycles. The standard InChI is InChI=1S/C22H26N2O3/c1-17(25)23(15-13-19-9-4-6-12-21(19)27-2)16-22(26)24-14-7-10-18-8-3-5-11-20(18)24/h3-6,8-9,11-12H,7,10,13-16H2,1-2H3. The molecule has 0 bridgehead atoms. The van der Waals surface area contributed by atoms with Gasteiger partial charge in [0.05, 0.1) is 7.11 Å². The minimum absolute atomic E-state index is 0.0302. The zero-order chi connectivity index (χ0) is 19.2. The highest BCUT2D eigenvalue weighted by Crippen LogP contribution is 2.27. The Labute approximate surface area is 160 Å². The number of hydrogen-bond acceptors (Lipinski definition) is 3. The molecule has 5 nitrogen and oxygen atoms in total. The van der Waals surface area contributed by atoms with Crippen LogP contribution in [0.25, 0.3) is 0 Å². The number of carbonyl (C=O) groups excluding carboxylic acids is 2. The molecule has 0 fully saturated rings. The number of anilines is 1. The van der Waals surface area contributed by atoms with E-state index in [1.807, 2.05) is 47.4 Å². The first kappa shape index (κ1) is 19.0. The van der Waals surface area contributed by atoms with Crippen LogP contribution in [0.2, 0.25) is 0 Å². The fourth-order valence-electron chi connectivity index (χ4n) is 3.55. The van der Waals surface area contributed by atoms with Gasteiger partial charge in [0.25, 0.3) is 0 Å². The molecule has 142 valence electrons. The van der Waals surface area contributed by atoms with Gasteiger partial charge >= 0.3 is 0 Å². The van der Waals surface area contributed by atoms with Gasteiger partial charge in [-0.25, -0.2) is 0 Å². The summed E-state index contributed by atoms with van der Waals surface area (Å²) in [6.07, 6.45) is 2.58. The van der Waals surface area contributed by atoms with E-state index in [1.54, 1.807) is 12.0 Å². The Kier molecular flexibility index (Phi) is 6.12. The highest BCUT2D eigenvalue weighted by molar-refractivity contribution is 5.97. The topological polar surface area (TPSA) is 49.9 Å². The SMILES string of the molecule is COc1ccccc1CCN(CC(=O)N1CCCc2ccccc21)C(C)=O. The monoisotopic (exact) mass is 366 g/mol. The third kappa shape index (κ3) is 4.48. The molecular formula is C22H26N2O3. The Hall–Kier alpha value is -2.82. The molecule has 0 unspecified atom stereocenters. The van der Waals surface area contributed by atoms with Gasteiger partial charge in [-0.05, 0) is 42.5 Å². The van der Waals surface area contributed by atoms with Crippen molar-refractivity contribution in [3.63, 3.8) is 0 Å². The van der Waals surface area contributed by atoms with Gasteiger partial charge in [0.15, 0.2) is 0 Å². The van der Waals surface area contributed by atoms with Crippen LogP contribution in [0.1, 0.15) is 24.5 Å². The Morgan fingerprint density at radius 2 is 1.85 bits per heavy atom. The summed E-state index contributed by atoms with van der Waals surface area (Å²) in [7, 11) is 1.64. The summed E-state index contributed by atoms with van der Waals surface area (Å²) in [4.78, 5) is 28.5. The van der Waals surface area contributed by atoms with Crippen LogP contribution in [-0.4, -0.2) is 43.5 Å². The van der Waals surface area contributed by atoms with Crippen molar-refractivity contribution in [2.75, 3.05) is 31.6 Å². The van der Waals surface area contributed by atoms with Crippen molar-refractivity contribution < 1.29 is 14.3 Å². The molecule has 2 amide bonds. The van der Waals surface area contributed by atoms with E-state index in [1.165, 1.54) is 12.5 Å². The number of rotatable bonds is 6. The van der Waals surface area contributed by atoms with Crippen LogP contribution in [0.3, 0.4) is 0 Å². The first-order valence-electron chi connectivity index (χ1n) is 9.36. The van der Waals surface area contributed by atoms with E-state index in [0.29, 0.717) is 19.5 Å². The maximum absolute atomic E-state index is 12.9. The molecule has 27 heavy (non-hydrogen) atoms. The number of para-hydroxylation sites is 2. The number of amides is 2. The maximum atomic E-state index is 12.9. The number of hydrogen-bond donors (Lipinski definition) is 0. The van der Waals surface area contributed by atoms with E-state index >= 15 is 0 Å². The number of fused-ring (bicyclic) bond motifs is 1. The number of benzene rings is 2. The van der Waals surface area contributed by atoms with Crippen molar-refractivity contribution in [2.24, 2.45) is 0 Å². The predicted molar refractivity (Wildman–Crippen MR) is 106 cm³/mol. The predicted octanol–water partition coefficient (Wildman–Crippen LogP) is 3.07. The Bertz CT molecular complexity index is 819. The minimum atomic E-state index is -0.0939. The summed E-state index contributed by atoms with van der Waals surface area (Å²) in [5.74, 6) is 0.679. The molecule has 5 heteroatoms. The van der Waals surface area contributed by atoms with Crippen molar-refractivity contribution in [3.8, 4) is 5.75 Å². The molecule has 0 saturated carbocycles. The van der Waals surface area contributed by atoms with Crippen molar-refractivity contribution in [2.45, 2.75) is 26.2 Å². The van der Waals surface area contributed by atoms with E-state index in [9.17, 15) is 9.59 Å². The van der Waals surface area contributed by atoms with Gasteiger partial charge in [0.1, 0.15) is 12.3 Å². The summed E-state index contributed by atoms with van der Waals surface area (Å²) in [5, 5.41) is 0. The van der Waals surface area contributed by atoms with E-state index < -0.39 is 0 Å². The number of carbonyl (C=O) groups is 2. The molecule has 0 atom stereocenters. The van der Waals surface area contributed by atoms with Gasteiger partial charge in [-0.2, -0.15) is 0 Å². The largest absolute Gasteiger partial charge is 0.496 e. The Morgan fingerprint density at radius 3 is 2.63 bits per heavy atom. The quantitative estimate of drug-likeness (QED) is 0.789. The van der Waals surface area contributed by atoms with Crippen molar-refractivity contribution in [1.82, 2.24) is 4.90 Å². The lowest BCUT2D eigenvalue weighted by molar-refractivity contribution is -0.133. The fourth-order valence-corrected chi connectivity index (χ4v) is 3.55. The van der Waals surface area contributed by atoms with Gasteiger partial charge in [-0.1, -0.05) is 36.4 Å². The van der Waals surface area contributed by atoms with E-state index in [-0.39, 0.29) is 18.4 Å². The van der Waals surface area contributed by atoms with Crippen LogP contribution >= 0.6 is 0 Å². The van der Waals surface area contributed by atoms with E-state index in [0.717, 1.165) is 29.8 Å². The molecular weight excluding hydrogens is 340 g/mol. The molecule has 0 saturated heterocycles. The molecule has 1 aliphatic heterocycles. The molecule has 1 aliphatic rings. The smallest absolute Gasteiger partial charge is 0.246 e. The van der Waals surface area contributed by atoms with Crippen molar-refractivity contribution in [1.29, 1.82) is 0 Å². The second-order valence-electron chi connectivity index (χ2n) is 6.78. The summed E-state index contributed by atoms with van der Waals surface area (Å²) >= 11 is 0. The van der Waals surface area contributed by atoms with Crippen LogP contribution in [-0.2, 0) is 22.4 Å². The van der Waals surface area contributed by atoms with Gasteiger partial charge in [-0.15, -0.1) is 0 Å².